The molecule has 8 rings (SSSR count). The maximum Gasteiger partial charge on any atom is 0.185 e. The van der Waals surface area contributed by atoms with Gasteiger partial charge in [0.25, 0.3) is 0 Å². The summed E-state index contributed by atoms with van der Waals surface area (Å²) in [6.45, 7) is 5.90. The number of hydrogen-bond donors (Lipinski definition) is 0. The standard InChI is InChI=1S/C28H34ClIN6O3/c1-17(27-10-5-13-35(27)14-6-11-27)36-25-19(23(30)33-36)22(29)31-24(32-25)20-18-7-4-9-26(21(18)39-34-20)8-2-3-12-28(26)37-15-16-38-28/h17H,2-16H2,1H3/t17?,26-/m0/s1. The van der Waals surface area contributed by atoms with E-state index in [-0.39, 0.29) is 17.0 Å². The number of halogens is 2. The third kappa shape index (κ3) is 3.41. The van der Waals surface area contributed by atoms with Crippen molar-refractivity contribution in [3.05, 3.63) is 20.2 Å². The summed E-state index contributed by atoms with van der Waals surface area (Å²) in [5, 5.41) is 10.9. The molecule has 5 aliphatic rings. The van der Waals surface area contributed by atoms with Gasteiger partial charge in [-0.2, -0.15) is 5.10 Å². The van der Waals surface area contributed by atoms with Crippen LogP contribution in [0.25, 0.3) is 22.6 Å². The van der Waals surface area contributed by atoms with E-state index >= 15 is 0 Å². The summed E-state index contributed by atoms with van der Waals surface area (Å²) in [4.78, 5) is 12.6. The highest BCUT2D eigenvalue weighted by Gasteiger charge is 2.61. The van der Waals surface area contributed by atoms with E-state index in [2.05, 4.69) is 44.3 Å². The van der Waals surface area contributed by atoms with Gasteiger partial charge in [0, 0.05) is 17.5 Å². The highest BCUT2D eigenvalue weighted by molar-refractivity contribution is 14.1. The highest BCUT2D eigenvalue weighted by Crippen LogP contribution is 2.57. The minimum absolute atomic E-state index is 0.135. The van der Waals surface area contributed by atoms with Gasteiger partial charge in [-0.1, -0.05) is 23.2 Å². The van der Waals surface area contributed by atoms with Crippen LogP contribution in [0.4, 0.5) is 0 Å². The van der Waals surface area contributed by atoms with Crippen molar-refractivity contribution in [3.8, 4) is 11.5 Å². The van der Waals surface area contributed by atoms with Crippen molar-refractivity contribution >= 4 is 45.2 Å². The molecule has 1 saturated carbocycles. The molecule has 0 amide bonds. The van der Waals surface area contributed by atoms with Crippen LogP contribution in [-0.2, 0) is 21.3 Å². The Morgan fingerprint density at radius 2 is 1.69 bits per heavy atom. The van der Waals surface area contributed by atoms with E-state index in [0.29, 0.717) is 29.9 Å². The predicted molar refractivity (Wildman–Crippen MR) is 154 cm³/mol. The summed E-state index contributed by atoms with van der Waals surface area (Å²) in [6.07, 6.45) is 11.9. The number of rotatable bonds is 3. The largest absolute Gasteiger partial charge is 0.360 e. The molecule has 4 fully saturated rings. The van der Waals surface area contributed by atoms with Crippen molar-refractivity contribution in [1.82, 2.24) is 29.8 Å². The normalized spacial score (nSPS) is 28.5. The van der Waals surface area contributed by atoms with Crippen molar-refractivity contribution in [2.24, 2.45) is 0 Å². The van der Waals surface area contributed by atoms with Crippen LogP contribution in [-0.4, -0.2) is 67.4 Å². The lowest BCUT2D eigenvalue weighted by atomic mass is 9.61. The third-order valence-electron chi connectivity index (χ3n) is 10.6. The number of hydrogen-bond acceptors (Lipinski definition) is 8. The molecule has 0 N–H and O–H groups in total. The van der Waals surface area contributed by atoms with E-state index in [1.54, 1.807) is 0 Å². The molecule has 0 radical (unpaired) electrons. The molecule has 2 aliphatic carbocycles. The highest BCUT2D eigenvalue weighted by atomic mass is 127. The summed E-state index contributed by atoms with van der Waals surface area (Å²) in [5.74, 6) is 0.815. The first kappa shape index (κ1) is 25.4. The van der Waals surface area contributed by atoms with Crippen LogP contribution in [0.1, 0.15) is 88.5 Å². The van der Waals surface area contributed by atoms with Crippen LogP contribution in [0.2, 0.25) is 5.15 Å². The first-order valence-electron chi connectivity index (χ1n) is 14.6. The first-order valence-corrected chi connectivity index (χ1v) is 16.1. The Hall–Kier alpha value is -1.34. The Kier molecular flexibility index (Phi) is 5.91. The molecule has 6 heterocycles. The maximum absolute atomic E-state index is 6.88. The van der Waals surface area contributed by atoms with Crippen LogP contribution in [0.15, 0.2) is 4.52 Å². The van der Waals surface area contributed by atoms with Gasteiger partial charge in [0.15, 0.2) is 28.7 Å². The van der Waals surface area contributed by atoms with Crippen molar-refractivity contribution < 1.29 is 14.0 Å². The molecule has 3 saturated heterocycles. The van der Waals surface area contributed by atoms with Crippen molar-refractivity contribution in [2.45, 2.75) is 100 Å². The molecular formula is C28H34ClIN6O3. The first-order chi connectivity index (χ1) is 19.0. The Morgan fingerprint density at radius 3 is 2.49 bits per heavy atom. The van der Waals surface area contributed by atoms with Crippen LogP contribution in [0.3, 0.4) is 0 Å². The fourth-order valence-corrected chi connectivity index (χ4v) is 10.0. The van der Waals surface area contributed by atoms with Gasteiger partial charge in [-0.3, -0.25) is 4.90 Å². The molecule has 3 aliphatic heterocycles. The van der Waals surface area contributed by atoms with Crippen LogP contribution in [0.5, 0.6) is 0 Å². The fraction of sp³-hybridized carbons (Fsp3) is 0.714. The molecule has 11 heteroatoms. The number of nitrogens with zero attached hydrogens (tertiary/aromatic N) is 6. The van der Waals surface area contributed by atoms with Gasteiger partial charge in [0.1, 0.15) is 8.85 Å². The van der Waals surface area contributed by atoms with Crippen molar-refractivity contribution in [2.75, 3.05) is 26.3 Å². The minimum atomic E-state index is -0.614. The maximum atomic E-state index is 6.88. The van der Waals surface area contributed by atoms with Gasteiger partial charge >= 0.3 is 0 Å². The lowest BCUT2D eigenvalue weighted by Crippen LogP contribution is -2.56. The Bertz CT molecular complexity index is 1440. The second kappa shape index (κ2) is 9.08. The Morgan fingerprint density at radius 1 is 0.949 bits per heavy atom. The molecule has 2 atom stereocenters. The zero-order valence-corrected chi connectivity index (χ0v) is 25.3. The van der Waals surface area contributed by atoms with E-state index in [1.165, 1.54) is 38.8 Å². The SMILES string of the molecule is CC(n1nc(I)c2c(Cl)nc(-c3noc4c3CCC[C@@]43CCCCC34OCCO4)nc21)C12CCCN1CCC2. The van der Waals surface area contributed by atoms with E-state index in [0.717, 1.165) is 71.0 Å². The lowest BCUT2D eigenvalue weighted by molar-refractivity contribution is -0.235. The van der Waals surface area contributed by atoms with Crippen LogP contribution < -0.4 is 0 Å². The molecule has 1 unspecified atom stereocenters. The monoisotopic (exact) mass is 664 g/mol. The topological polar surface area (TPSA) is 91.3 Å². The summed E-state index contributed by atoms with van der Waals surface area (Å²) < 4.78 is 21.9. The Balaban J connectivity index is 1.25. The summed E-state index contributed by atoms with van der Waals surface area (Å²) in [6, 6.07) is 0.181. The molecule has 3 aromatic heterocycles. The van der Waals surface area contributed by atoms with Crippen LogP contribution >= 0.6 is 34.2 Å². The molecule has 2 spiro atoms. The average Bonchev–Trinajstić information content (AvgIpc) is 3.74. The molecule has 39 heavy (non-hydrogen) atoms. The summed E-state index contributed by atoms with van der Waals surface area (Å²) in [7, 11) is 0. The lowest BCUT2D eigenvalue weighted by Gasteiger charge is -2.50. The zero-order chi connectivity index (χ0) is 26.4. The molecular weight excluding hydrogens is 631 g/mol. The van der Waals surface area contributed by atoms with Gasteiger partial charge < -0.3 is 14.0 Å². The smallest absolute Gasteiger partial charge is 0.185 e. The zero-order valence-electron chi connectivity index (χ0n) is 22.3. The summed E-state index contributed by atoms with van der Waals surface area (Å²) in [5.41, 5.74) is 2.39. The van der Waals surface area contributed by atoms with Gasteiger partial charge in [0.05, 0.1) is 30.1 Å². The molecule has 208 valence electrons. The predicted octanol–water partition coefficient (Wildman–Crippen LogP) is 5.82. The second-order valence-electron chi connectivity index (χ2n) is 12.2. The van der Waals surface area contributed by atoms with Crippen molar-refractivity contribution in [3.63, 3.8) is 0 Å². The third-order valence-corrected chi connectivity index (χ3v) is 11.7. The van der Waals surface area contributed by atoms with Gasteiger partial charge in [0.2, 0.25) is 0 Å². The quantitative estimate of drug-likeness (QED) is 0.256. The van der Waals surface area contributed by atoms with Crippen LogP contribution in [0, 0.1) is 3.70 Å². The van der Waals surface area contributed by atoms with Gasteiger partial charge in [-0.15, -0.1) is 0 Å². The minimum Gasteiger partial charge on any atom is -0.360 e. The number of aromatic nitrogens is 5. The van der Waals surface area contributed by atoms with Crippen molar-refractivity contribution in [1.29, 1.82) is 0 Å². The number of fused-ring (bicyclic) bond motifs is 5. The fourth-order valence-electron chi connectivity index (χ4n) is 8.86. The molecule has 9 nitrogen and oxygen atoms in total. The molecule has 0 aromatic carbocycles. The summed E-state index contributed by atoms with van der Waals surface area (Å²) >= 11 is 9.15. The van der Waals surface area contributed by atoms with Gasteiger partial charge in [-0.05, 0) is 100 Å². The molecule has 3 aromatic rings. The van der Waals surface area contributed by atoms with Gasteiger partial charge in [-0.25, -0.2) is 14.6 Å². The average molecular weight is 665 g/mol. The van der Waals surface area contributed by atoms with E-state index in [1.807, 2.05) is 0 Å². The van der Waals surface area contributed by atoms with E-state index in [9.17, 15) is 0 Å². The van der Waals surface area contributed by atoms with E-state index in [4.69, 9.17) is 40.7 Å². The Labute approximate surface area is 246 Å². The van der Waals surface area contributed by atoms with E-state index < -0.39 is 5.79 Å². The molecule has 0 bridgehead atoms. The second-order valence-corrected chi connectivity index (χ2v) is 13.6. The number of ether oxygens (including phenoxy) is 2.